The summed E-state index contributed by atoms with van der Waals surface area (Å²) >= 11 is 1.76. The van der Waals surface area contributed by atoms with Crippen molar-refractivity contribution in [3.8, 4) is 0 Å². The number of hydrogen-bond donors (Lipinski definition) is 1. The molecule has 0 atom stereocenters. The highest BCUT2D eigenvalue weighted by molar-refractivity contribution is 7.18. The molecular formula is C16H24N4S. The zero-order chi connectivity index (χ0) is 14.8. The highest BCUT2D eigenvalue weighted by Gasteiger charge is 2.25. The van der Waals surface area contributed by atoms with Crippen LogP contribution in [0.2, 0.25) is 0 Å². The molecule has 0 radical (unpaired) electrons. The third-order valence-electron chi connectivity index (χ3n) is 4.21. The van der Waals surface area contributed by atoms with Crippen LogP contribution in [-0.2, 0) is 0 Å². The molecule has 0 aliphatic heterocycles. The molecule has 2 aromatic heterocycles. The van der Waals surface area contributed by atoms with E-state index in [-0.39, 0.29) is 0 Å². The summed E-state index contributed by atoms with van der Waals surface area (Å²) in [5.41, 5.74) is 0. The van der Waals surface area contributed by atoms with Crippen molar-refractivity contribution in [1.82, 2.24) is 9.97 Å². The average Bonchev–Trinajstić information content (AvgIpc) is 3.09. The SMILES string of the molecule is CCNc1nc(N(CC)C2CCCC2)c2cc(C)sc2n1. The van der Waals surface area contributed by atoms with Crippen LogP contribution in [0, 0.1) is 6.92 Å². The number of aryl methyl sites for hydroxylation is 1. The zero-order valence-corrected chi connectivity index (χ0v) is 14.0. The van der Waals surface area contributed by atoms with Gasteiger partial charge in [-0.15, -0.1) is 11.3 Å². The van der Waals surface area contributed by atoms with Crippen LogP contribution in [0.25, 0.3) is 10.2 Å². The fourth-order valence-electron chi connectivity index (χ4n) is 3.28. The minimum atomic E-state index is 0.641. The number of thiophene rings is 1. The van der Waals surface area contributed by atoms with Gasteiger partial charge in [-0.1, -0.05) is 12.8 Å². The van der Waals surface area contributed by atoms with Crippen molar-refractivity contribution in [2.75, 3.05) is 23.3 Å². The van der Waals surface area contributed by atoms with E-state index in [0.29, 0.717) is 6.04 Å². The highest BCUT2D eigenvalue weighted by Crippen LogP contribution is 2.35. The van der Waals surface area contributed by atoms with Gasteiger partial charge < -0.3 is 10.2 Å². The molecule has 2 aromatic rings. The fourth-order valence-corrected chi connectivity index (χ4v) is 4.15. The van der Waals surface area contributed by atoms with Gasteiger partial charge in [0, 0.05) is 24.0 Å². The lowest BCUT2D eigenvalue weighted by atomic mass is 10.2. The van der Waals surface area contributed by atoms with Crippen molar-refractivity contribution in [3.63, 3.8) is 0 Å². The number of fused-ring (bicyclic) bond motifs is 1. The molecule has 0 aromatic carbocycles. The van der Waals surface area contributed by atoms with E-state index in [9.17, 15) is 0 Å². The Morgan fingerprint density at radius 1 is 1.29 bits per heavy atom. The second-order valence-electron chi connectivity index (χ2n) is 5.70. The second-order valence-corrected chi connectivity index (χ2v) is 6.94. The molecule has 4 nitrogen and oxygen atoms in total. The van der Waals surface area contributed by atoms with Crippen molar-refractivity contribution < 1.29 is 0 Å². The Hall–Kier alpha value is -1.36. The summed E-state index contributed by atoms with van der Waals surface area (Å²) in [4.78, 5) is 14.4. The van der Waals surface area contributed by atoms with Crippen LogP contribution >= 0.6 is 11.3 Å². The predicted octanol–water partition coefficient (Wildman–Crippen LogP) is 4.20. The summed E-state index contributed by atoms with van der Waals surface area (Å²) in [5.74, 6) is 1.88. The lowest BCUT2D eigenvalue weighted by Crippen LogP contribution is -2.34. The molecule has 0 saturated heterocycles. The van der Waals surface area contributed by atoms with Crippen LogP contribution in [-0.4, -0.2) is 29.1 Å². The lowest BCUT2D eigenvalue weighted by molar-refractivity contribution is 0.615. The molecule has 2 heterocycles. The van der Waals surface area contributed by atoms with Gasteiger partial charge in [-0.3, -0.25) is 0 Å². The Kier molecular flexibility index (Phi) is 4.29. The van der Waals surface area contributed by atoms with Crippen molar-refractivity contribution in [2.24, 2.45) is 0 Å². The smallest absolute Gasteiger partial charge is 0.226 e. The first-order valence-electron chi connectivity index (χ1n) is 8.01. The zero-order valence-electron chi connectivity index (χ0n) is 13.1. The summed E-state index contributed by atoms with van der Waals surface area (Å²) in [6.45, 7) is 8.33. The van der Waals surface area contributed by atoms with E-state index in [1.165, 1.54) is 35.9 Å². The number of nitrogens with one attached hydrogen (secondary N) is 1. The van der Waals surface area contributed by atoms with Gasteiger partial charge in [0.05, 0.1) is 5.39 Å². The van der Waals surface area contributed by atoms with Gasteiger partial charge in [-0.25, -0.2) is 4.98 Å². The summed E-state index contributed by atoms with van der Waals surface area (Å²) in [5, 5.41) is 4.49. The van der Waals surface area contributed by atoms with Gasteiger partial charge in [0.1, 0.15) is 10.6 Å². The van der Waals surface area contributed by atoms with Crippen molar-refractivity contribution in [3.05, 3.63) is 10.9 Å². The molecule has 1 fully saturated rings. The van der Waals surface area contributed by atoms with Gasteiger partial charge in [-0.05, 0) is 39.7 Å². The van der Waals surface area contributed by atoms with Gasteiger partial charge in [-0.2, -0.15) is 4.98 Å². The predicted molar refractivity (Wildman–Crippen MR) is 91.6 cm³/mol. The summed E-state index contributed by atoms with van der Waals surface area (Å²) in [6.07, 6.45) is 5.27. The topological polar surface area (TPSA) is 41.1 Å². The normalized spacial score (nSPS) is 15.8. The maximum Gasteiger partial charge on any atom is 0.226 e. The quantitative estimate of drug-likeness (QED) is 0.899. The minimum Gasteiger partial charge on any atom is -0.354 e. The molecule has 0 unspecified atom stereocenters. The number of nitrogens with zero attached hydrogens (tertiary/aromatic N) is 3. The molecule has 3 rings (SSSR count). The summed E-state index contributed by atoms with van der Waals surface area (Å²) in [6, 6.07) is 2.88. The Morgan fingerprint density at radius 3 is 2.71 bits per heavy atom. The summed E-state index contributed by atoms with van der Waals surface area (Å²) < 4.78 is 0. The van der Waals surface area contributed by atoms with Crippen LogP contribution in [0.15, 0.2) is 6.07 Å². The van der Waals surface area contributed by atoms with Crippen molar-refractivity contribution in [1.29, 1.82) is 0 Å². The molecule has 1 aliphatic carbocycles. The maximum atomic E-state index is 4.83. The standard InChI is InChI=1S/C16H24N4S/c1-4-17-16-18-14(13-10-11(3)21-15(13)19-16)20(5-2)12-8-6-7-9-12/h10,12H,4-9H2,1-3H3,(H,17,18,19). The van der Waals surface area contributed by atoms with Gasteiger partial charge >= 0.3 is 0 Å². The third kappa shape index (κ3) is 2.84. The Balaban J connectivity index is 2.08. The molecular weight excluding hydrogens is 280 g/mol. The summed E-state index contributed by atoms with van der Waals surface area (Å²) in [7, 11) is 0. The molecule has 1 N–H and O–H groups in total. The molecule has 114 valence electrons. The van der Waals surface area contributed by atoms with E-state index >= 15 is 0 Å². The second kappa shape index (κ2) is 6.18. The van der Waals surface area contributed by atoms with Crippen LogP contribution in [0.5, 0.6) is 0 Å². The highest BCUT2D eigenvalue weighted by atomic mass is 32.1. The molecule has 5 heteroatoms. The molecule has 21 heavy (non-hydrogen) atoms. The van der Waals surface area contributed by atoms with Gasteiger partial charge in [0.2, 0.25) is 5.95 Å². The van der Waals surface area contributed by atoms with E-state index in [0.717, 1.165) is 29.7 Å². The van der Waals surface area contributed by atoms with Crippen LogP contribution in [0.3, 0.4) is 0 Å². The first-order valence-corrected chi connectivity index (χ1v) is 8.83. The Bertz CT molecular complexity index is 616. The number of aromatic nitrogens is 2. The van der Waals surface area contributed by atoms with E-state index < -0.39 is 0 Å². The Morgan fingerprint density at radius 2 is 2.05 bits per heavy atom. The Labute approximate surface area is 130 Å². The van der Waals surface area contributed by atoms with Crippen LogP contribution < -0.4 is 10.2 Å². The van der Waals surface area contributed by atoms with Crippen LogP contribution in [0.1, 0.15) is 44.4 Å². The molecule has 0 bridgehead atoms. The number of hydrogen-bond acceptors (Lipinski definition) is 5. The van der Waals surface area contributed by atoms with Gasteiger partial charge in [0.15, 0.2) is 0 Å². The average molecular weight is 304 g/mol. The lowest BCUT2D eigenvalue weighted by Gasteiger charge is -2.29. The fraction of sp³-hybridized carbons (Fsp3) is 0.625. The van der Waals surface area contributed by atoms with Crippen LogP contribution in [0.4, 0.5) is 11.8 Å². The monoisotopic (exact) mass is 304 g/mol. The molecule has 1 saturated carbocycles. The van der Waals surface area contributed by atoms with E-state index in [2.05, 4.69) is 42.0 Å². The number of rotatable bonds is 5. The van der Waals surface area contributed by atoms with Gasteiger partial charge in [0.25, 0.3) is 0 Å². The minimum absolute atomic E-state index is 0.641. The van der Waals surface area contributed by atoms with Crippen molar-refractivity contribution in [2.45, 2.75) is 52.5 Å². The third-order valence-corrected chi connectivity index (χ3v) is 5.15. The number of anilines is 2. The van der Waals surface area contributed by atoms with E-state index in [1.54, 1.807) is 11.3 Å². The molecule has 0 spiro atoms. The largest absolute Gasteiger partial charge is 0.354 e. The molecule has 1 aliphatic rings. The first-order chi connectivity index (χ1) is 10.2. The van der Waals surface area contributed by atoms with Crippen molar-refractivity contribution >= 4 is 33.3 Å². The molecule has 0 amide bonds. The maximum absolute atomic E-state index is 4.83. The van der Waals surface area contributed by atoms with E-state index in [4.69, 9.17) is 4.98 Å². The van der Waals surface area contributed by atoms with E-state index in [1.807, 2.05) is 0 Å². The first kappa shape index (κ1) is 14.6.